The Balaban J connectivity index is 2.31. The lowest BCUT2D eigenvalue weighted by molar-refractivity contribution is 0.357. The Kier molecular flexibility index (Phi) is 2.61. The molecule has 1 nitrogen and oxygen atoms in total. The summed E-state index contributed by atoms with van der Waals surface area (Å²) in [4.78, 5) is 2.35. The highest BCUT2D eigenvalue weighted by molar-refractivity contribution is 8.00. The van der Waals surface area contributed by atoms with Gasteiger partial charge in [0.1, 0.15) is 0 Å². The lowest BCUT2D eigenvalue weighted by Crippen LogP contribution is -2.33. The maximum absolute atomic E-state index is 3.77. The van der Waals surface area contributed by atoms with Crippen LogP contribution in [0.4, 0.5) is 0 Å². The van der Waals surface area contributed by atoms with Crippen molar-refractivity contribution in [3.63, 3.8) is 0 Å². The number of rotatable bonds is 1. The quantitative estimate of drug-likeness (QED) is 0.508. The molecule has 1 fully saturated rings. The zero-order chi connectivity index (χ0) is 6.69. The third-order valence-electron chi connectivity index (χ3n) is 1.56. The molecule has 0 N–H and O–H groups in total. The minimum absolute atomic E-state index is 0.670. The van der Waals surface area contributed by atoms with Crippen LogP contribution in [0.2, 0.25) is 0 Å². The van der Waals surface area contributed by atoms with Crippen LogP contribution in [0.15, 0.2) is 12.7 Å². The second-order valence-electron chi connectivity index (χ2n) is 2.41. The first-order chi connectivity index (χ1) is 4.33. The molecule has 0 saturated carbocycles. The highest BCUT2D eigenvalue weighted by Gasteiger charge is 2.13. The molecular weight excluding hydrogens is 130 g/mol. The fourth-order valence-electron chi connectivity index (χ4n) is 0.954. The first-order valence-electron chi connectivity index (χ1n) is 3.25. The summed E-state index contributed by atoms with van der Waals surface area (Å²) in [6.07, 6.45) is 2.04. The molecule has 0 bridgehead atoms. The van der Waals surface area contributed by atoms with Gasteiger partial charge in [0, 0.05) is 24.1 Å². The van der Waals surface area contributed by atoms with E-state index in [9.17, 15) is 0 Å². The SMILES string of the molecule is C=C[C@@H]1CN(C)CCS1. The molecule has 1 rings (SSSR count). The van der Waals surface area contributed by atoms with Gasteiger partial charge in [-0.15, -0.1) is 6.58 Å². The van der Waals surface area contributed by atoms with E-state index in [0.717, 1.165) is 0 Å². The summed E-state index contributed by atoms with van der Waals surface area (Å²) in [5.74, 6) is 1.26. The first-order valence-corrected chi connectivity index (χ1v) is 4.30. The van der Waals surface area contributed by atoms with Crippen LogP contribution >= 0.6 is 11.8 Å². The number of hydrogen-bond acceptors (Lipinski definition) is 2. The van der Waals surface area contributed by atoms with E-state index < -0.39 is 0 Å². The summed E-state index contributed by atoms with van der Waals surface area (Å²) in [6, 6.07) is 0. The maximum atomic E-state index is 3.77. The fraction of sp³-hybridized carbons (Fsp3) is 0.714. The molecule has 0 aromatic heterocycles. The van der Waals surface area contributed by atoms with Crippen molar-refractivity contribution >= 4 is 11.8 Å². The predicted octanol–water partition coefficient (Wildman–Crippen LogP) is 1.22. The summed E-state index contributed by atoms with van der Waals surface area (Å²) >= 11 is 2.01. The topological polar surface area (TPSA) is 3.24 Å². The molecule has 1 atom stereocenters. The van der Waals surface area contributed by atoms with E-state index in [1.165, 1.54) is 18.8 Å². The molecule has 52 valence electrons. The van der Waals surface area contributed by atoms with Crippen molar-refractivity contribution in [3.8, 4) is 0 Å². The lowest BCUT2D eigenvalue weighted by atomic mass is 10.4. The summed E-state index contributed by atoms with van der Waals surface area (Å²) in [6.45, 7) is 6.18. The summed E-state index contributed by atoms with van der Waals surface area (Å²) in [5.41, 5.74) is 0. The molecule has 0 aromatic rings. The van der Waals surface area contributed by atoms with E-state index in [4.69, 9.17) is 0 Å². The van der Waals surface area contributed by atoms with E-state index in [2.05, 4.69) is 18.5 Å². The van der Waals surface area contributed by atoms with Crippen LogP contribution in [0.1, 0.15) is 0 Å². The predicted molar refractivity (Wildman–Crippen MR) is 43.9 cm³/mol. The van der Waals surface area contributed by atoms with Crippen molar-refractivity contribution in [3.05, 3.63) is 12.7 Å². The highest BCUT2D eigenvalue weighted by atomic mass is 32.2. The smallest absolute Gasteiger partial charge is 0.0352 e. The maximum Gasteiger partial charge on any atom is 0.0352 e. The molecule has 0 radical (unpaired) electrons. The Labute approximate surface area is 61.1 Å². The van der Waals surface area contributed by atoms with Crippen molar-refractivity contribution < 1.29 is 0 Å². The summed E-state index contributed by atoms with van der Waals surface area (Å²) < 4.78 is 0. The van der Waals surface area contributed by atoms with E-state index in [0.29, 0.717) is 5.25 Å². The van der Waals surface area contributed by atoms with Gasteiger partial charge >= 0.3 is 0 Å². The van der Waals surface area contributed by atoms with Crippen molar-refractivity contribution in [2.24, 2.45) is 0 Å². The largest absolute Gasteiger partial charge is 0.304 e. The van der Waals surface area contributed by atoms with Gasteiger partial charge in [0.05, 0.1) is 0 Å². The first kappa shape index (κ1) is 7.16. The van der Waals surface area contributed by atoms with Crippen LogP contribution in [-0.4, -0.2) is 36.0 Å². The van der Waals surface area contributed by atoms with Gasteiger partial charge in [-0.25, -0.2) is 0 Å². The molecule has 1 aliphatic heterocycles. The molecule has 0 aliphatic carbocycles. The van der Waals surface area contributed by atoms with Crippen molar-refractivity contribution in [2.75, 3.05) is 25.9 Å². The Hall–Kier alpha value is 0.0500. The van der Waals surface area contributed by atoms with Gasteiger partial charge in [-0.1, -0.05) is 6.08 Å². The van der Waals surface area contributed by atoms with Gasteiger partial charge in [-0.2, -0.15) is 11.8 Å². The van der Waals surface area contributed by atoms with E-state index in [1.807, 2.05) is 17.8 Å². The van der Waals surface area contributed by atoms with Gasteiger partial charge in [0.2, 0.25) is 0 Å². The Morgan fingerprint density at radius 2 is 2.56 bits per heavy atom. The zero-order valence-corrected chi connectivity index (χ0v) is 6.66. The molecule has 0 aromatic carbocycles. The molecule has 0 spiro atoms. The molecule has 2 heteroatoms. The molecule has 1 aliphatic rings. The van der Waals surface area contributed by atoms with Gasteiger partial charge < -0.3 is 4.90 Å². The molecule has 0 amide bonds. The highest BCUT2D eigenvalue weighted by Crippen LogP contribution is 2.17. The normalized spacial score (nSPS) is 30.1. The third kappa shape index (κ3) is 2.03. The van der Waals surface area contributed by atoms with Crippen LogP contribution in [-0.2, 0) is 0 Å². The summed E-state index contributed by atoms with van der Waals surface area (Å²) in [5, 5.41) is 0.670. The van der Waals surface area contributed by atoms with Crippen LogP contribution in [0.25, 0.3) is 0 Å². The van der Waals surface area contributed by atoms with Crippen molar-refractivity contribution in [2.45, 2.75) is 5.25 Å². The van der Waals surface area contributed by atoms with Crippen LogP contribution in [0, 0.1) is 0 Å². The molecule has 1 saturated heterocycles. The van der Waals surface area contributed by atoms with E-state index in [1.54, 1.807) is 0 Å². The average Bonchev–Trinajstić information content (AvgIpc) is 1.88. The number of hydrogen-bond donors (Lipinski definition) is 0. The van der Waals surface area contributed by atoms with Crippen LogP contribution in [0.3, 0.4) is 0 Å². The minimum Gasteiger partial charge on any atom is -0.304 e. The molecule has 0 unspecified atom stereocenters. The summed E-state index contributed by atoms with van der Waals surface area (Å²) in [7, 11) is 2.16. The minimum atomic E-state index is 0.670. The van der Waals surface area contributed by atoms with E-state index >= 15 is 0 Å². The Bertz CT molecular complexity index is 103. The lowest BCUT2D eigenvalue weighted by Gasteiger charge is -2.26. The fourth-order valence-corrected chi connectivity index (χ4v) is 2.17. The molecule has 9 heavy (non-hydrogen) atoms. The Morgan fingerprint density at radius 1 is 1.78 bits per heavy atom. The van der Waals surface area contributed by atoms with Crippen molar-refractivity contribution in [1.29, 1.82) is 0 Å². The van der Waals surface area contributed by atoms with Gasteiger partial charge in [0.25, 0.3) is 0 Å². The number of thioether (sulfide) groups is 1. The third-order valence-corrected chi connectivity index (χ3v) is 2.75. The monoisotopic (exact) mass is 143 g/mol. The number of nitrogens with zero attached hydrogens (tertiary/aromatic N) is 1. The van der Waals surface area contributed by atoms with Crippen LogP contribution < -0.4 is 0 Å². The average molecular weight is 143 g/mol. The van der Waals surface area contributed by atoms with Gasteiger partial charge in [0.15, 0.2) is 0 Å². The Morgan fingerprint density at radius 3 is 3.00 bits per heavy atom. The van der Waals surface area contributed by atoms with Crippen molar-refractivity contribution in [1.82, 2.24) is 4.90 Å². The van der Waals surface area contributed by atoms with E-state index in [-0.39, 0.29) is 0 Å². The second-order valence-corrected chi connectivity index (χ2v) is 3.75. The second kappa shape index (κ2) is 3.28. The van der Waals surface area contributed by atoms with Crippen LogP contribution in [0.5, 0.6) is 0 Å². The van der Waals surface area contributed by atoms with Gasteiger partial charge in [-0.05, 0) is 7.05 Å². The standard InChI is InChI=1S/C7H13NS/c1-3-7-6-8(2)4-5-9-7/h3,7H,1,4-6H2,2H3/t7-/m1/s1. The molecule has 1 heterocycles. The van der Waals surface area contributed by atoms with Gasteiger partial charge in [-0.3, -0.25) is 0 Å². The zero-order valence-electron chi connectivity index (χ0n) is 5.84. The molecular formula is C7H13NS.